The molecule has 0 fully saturated rings. The number of rotatable bonds is 5. The Hall–Kier alpha value is -3.51. The van der Waals surface area contributed by atoms with Gasteiger partial charge in [-0.25, -0.2) is 9.48 Å². The van der Waals surface area contributed by atoms with Gasteiger partial charge in [-0.05, 0) is 66.1 Å². The molecule has 0 radical (unpaired) electrons. The molecule has 0 bridgehead atoms. The fourth-order valence-corrected chi connectivity index (χ4v) is 5.05. The van der Waals surface area contributed by atoms with E-state index in [1.165, 1.54) is 11.8 Å². The number of aromatic nitrogens is 2. The number of carboxylic acids is 1. The Morgan fingerprint density at radius 2 is 1.81 bits per heavy atom. The van der Waals surface area contributed by atoms with Crippen molar-refractivity contribution in [3.05, 3.63) is 83.7 Å². The van der Waals surface area contributed by atoms with Crippen molar-refractivity contribution in [2.45, 2.75) is 17.7 Å². The first-order valence-electron chi connectivity index (χ1n) is 10.4. The van der Waals surface area contributed by atoms with Crippen LogP contribution < -0.4 is 4.74 Å². The smallest absolute Gasteiger partial charge is 0.337 e. The van der Waals surface area contributed by atoms with Crippen molar-refractivity contribution in [1.82, 2.24) is 9.78 Å². The molecule has 3 aromatic carbocycles. The molecule has 160 valence electrons. The van der Waals surface area contributed by atoms with Crippen molar-refractivity contribution in [2.24, 2.45) is 0 Å². The highest BCUT2D eigenvalue weighted by Gasteiger charge is 2.30. The van der Waals surface area contributed by atoms with Crippen LogP contribution in [0.2, 0.25) is 0 Å². The number of hydrogen-bond acceptors (Lipinski definition) is 4. The average molecular weight is 443 g/mol. The molecule has 1 N–H and O–H groups in total. The molecule has 0 saturated heterocycles. The van der Waals surface area contributed by atoms with E-state index in [4.69, 9.17) is 9.84 Å². The fraction of sp³-hybridized carbons (Fsp3) is 0.154. The van der Waals surface area contributed by atoms with E-state index in [9.17, 15) is 9.90 Å². The van der Waals surface area contributed by atoms with E-state index in [2.05, 4.69) is 0 Å². The second-order valence-corrected chi connectivity index (χ2v) is 8.51. The lowest BCUT2D eigenvalue weighted by Gasteiger charge is -2.23. The van der Waals surface area contributed by atoms with Gasteiger partial charge in [-0.2, -0.15) is 5.10 Å². The minimum Gasteiger partial charge on any atom is -0.497 e. The van der Waals surface area contributed by atoms with Crippen LogP contribution in [0.3, 0.4) is 0 Å². The second kappa shape index (κ2) is 8.20. The van der Waals surface area contributed by atoms with Crippen LogP contribution in [0.4, 0.5) is 0 Å². The first-order valence-corrected chi connectivity index (χ1v) is 11.6. The molecule has 0 spiro atoms. The fourth-order valence-electron chi connectivity index (χ4n) is 4.42. The maximum absolute atomic E-state index is 12.4. The van der Waals surface area contributed by atoms with E-state index in [0.29, 0.717) is 5.56 Å². The third-order valence-electron chi connectivity index (χ3n) is 5.93. The number of carboxylic acid groups (broad SMARTS) is 1. The molecule has 1 heterocycles. The average Bonchev–Trinajstić information content (AvgIpc) is 3.28. The summed E-state index contributed by atoms with van der Waals surface area (Å²) in [7, 11) is 1.65. The summed E-state index contributed by atoms with van der Waals surface area (Å²) in [5.41, 5.74) is 7.11. The zero-order valence-electron chi connectivity index (χ0n) is 17.8. The standard InChI is InChI=1S/C26H22N2O3S/c1-31-18-10-8-16(9-11-18)20-14-23(32-2)25(26(29)30)24-19(20)12-13-22-21(24)15-28(27-22)17-6-4-3-5-7-17/h3-11,14-15H,12-13H2,1-2H3,(H,29,30). The Balaban J connectivity index is 1.77. The van der Waals surface area contributed by atoms with Crippen LogP contribution in [0.15, 0.2) is 71.8 Å². The van der Waals surface area contributed by atoms with Crippen molar-refractivity contribution in [1.29, 1.82) is 0 Å². The molecule has 0 amide bonds. The Kier molecular flexibility index (Phi) is 5.23. The minimum atomic E-state index is -0.910. The van der Waals surface area contributed by atoms with Crippen LogP contribution in [0, 0.1) is 0 Å². The second-order valence-electron chi connectivity index (χ2n) is 7.66. The van der Waals surface area contributed by atoms with Gasteiger partial charge in [0.15, 0.2) is 0 Å². The summed E-state index contributed by atoms with van der Waals surface area (Å²) in [5, 5.41) is 15.0. The largest absolute Gasteiger partial charge is 0.497 e. The molecular weight excluding hydrogens is 420 g/mol. The zero-order valence-corrected chi connectivity index (χ0v) is 18.6. The molecule has 5 nitrogen and oxygen atoms in total. The number of methoxy groups -OCH3 is 1. The number of thioether (sulfide) groups is 1. The van der Waals surface area contributed by atoms with Gasteiger partial charge in [0.1, 0.15) is 5.75 Å². The van der Waals surface area contributed by atoms with Crippen LogP contribution in [-0.2, 0) is 12.8 Å². The molecule has 4 aromatic rings. The van der Waals surface area contributed by atoms with Gasteiger partial charge >= 0.3 is 5.97 Å². The maximum Gasteiger partial charge on any atom is 0.337 e. The quantitative estimate of drug-likeness (QED) is 0.400. The maximum atomic E-state index is 12.4. The van der Waals surface area contributed by atoms with E-state index >= 15 is 0 Å². The van der Waals surface area contributed by atoms with Gasteiger partial charge in [0.25, 0.3) is 0 Å². The number of ether oxygens (including phenoxy) is 1. The first kappa shape index (κ1) is 20.4. The number of para-hydroxylation sites is 1. The number of hydrogen-bond donors (Lipinski definition) is 1. The first-order chi connectivity index (χ1) is 15.6. The molecule has 0 saturated carbocycles. The molecule has 5 rings (SSSR count). The zero-order chi connectivity index (χ0) is 22.2. The Morgan fingerprint density at radius 1 is 1.06 bits per heavy atom. The normalized spacial score (nSPS) is 12.2. The highest BCUT2D eigenvalue weighted by Crippen LogP contribution is 2.45. The van der Waals surface area contributed by atoms with Gasteiger partial charge in [-0.15, -0.1) is 11.8 Å². The lowest BCUT2D eigenvalue weighted by Crippen LogP contribution is -2.12. The van der Waals surface area contributed by atoms with Gasteiger partial charge in [0.2, 0.25) is 0 Å². The highest BCUT2D eigenvalue weighted by atomic mass is 32.2. The van der Waals surface area contributed by atoms with E-state index in [-0.39, 0.29) is 0 Å². The van der Waals surface area contributed by atoms with Crippen molar-refractivity contribution in [3.8, 4) is 33.7 Å². The highest BCUT2D eigenvalue weighted by molar-refractivity contribution is 7.98. The van der Waals surface area contributed by atoms with Crippen molar-refractivity contribution < 1.29 is 14.6 Å². The molecule has 0 atom stereocenters. The van der Waals surface area contributed by atoms with E-state index in [1.54, 1.807) is 7.11 Å². The molecule has 1 aliphatic rings. The summed E-state index contributed by atoms with van der Waals surface area (Å²) in [6, 6.07) is 19.9. The van der Waals surface area contributed by atoms with Crippen LogP contribution >= 0.6 is 11.8 Å². The van der Waals surface area contributed by atoms with Gasteiger partial charge in [-0.3, -0.25) is 0 Å². The molecule has 6 heteroatoms. The Morgan fingerprint density at radius 3 is 2.47 bits per heavy atom. The third kappa shape index (κ3) is 3.37. The van der Waals surface area contributed by atoms with Gasteiger partial charge in [-0.1, -0.05) is 30.3 Å². The van der Waals surface area contributed by atoms with Crippen LogP contribution in [0.25, 0.3) is 27.9 Å². The number of aromatic carboxylic acids is 1. The Labute approximate surface area is 190 Å². The molecule has 32 heavy (non-hydrogen) atoms. The van der Waals surface area contributed by atoms with Crippen LogP contribution in [0.5, 0.6) is 5.75 Å². The number of aryl methyl sites for hydroxylation is 1. The van der Waals surface area contributed by atoms with Crippen LogP contribution in [-0.4, -0.2) is 34.2 Å². The topological polar surface area (TPSA) is 64.3 Å². The number of carbonyl (C=O) groups is 1. The molecule has 0 unspecified atom stereocenters. The predicted molar refractivity (Wildman–Crippen MR) is 127 cm³/mol. The number of nitrogens with zero attached hydrogens (tertiary/aromatic N) is 2. The minimum absolute atomic E-state index is 0.360. The summed E-state index contributed by atoms with van der Waals surface area (Å²) >= 11 is 1.46. The summed E-state index contributed by atoms with van der Waals surface area (Å²) in [5.74, 6) is -0.117. The van der Waals surface area contributed by atoms with Gasteiger partial charge in [0.05, 0.1) is 24.1 Å². The molecule has 0 aliphatic heterocycles. The van der Waals surface area contributed by atoms with Crippen LogP contribution in [0.1, 0.15) is 21.6 Å². The summed E-state index contributed by atoms with van der Waals surface area (Å²) in [4.78, 5) is 13.2. The lowest BCUT2D eigenvalue weighted by atomic mass is 9.82. The van der Waals surface area contributed by atoms with E-state index in [1.807, 2.05) is 77.8 Å². The van der Waals surface area contributed by atoms with Crippen molar-refractivity contribution >= 4 is 17.7 Å². The SMILES string of the molecule is COc1ccc(-c2cc(SC)c(C(=O)O)c3c2CCc2nn(-c4ccccc4)cc2-3)cc1. The van der Waals surface area contributed by atoms with Crippen molar-refractivity contribution in [2.75, 3.05) is 13.4 Å². The van der Waals surface area contributed by atoms with Crippen molar-refractivity contribution in [3.63, 3.8) is 0 Å². The molecular formula is C26H22N2O3S. The molecule has 1 aliphatic carbocycles. The monoisotopic (exact) mass is 442 g/mol. The third-order valence-corrected chi connectivity index (χ3v) is 6.69. The predicted octanol–water partition coefficient (Wildman–Crippen LogP) is 5.73. The summed E-state index contributed by atoms with van der Waals surface area (Å²) in [6.07, 6.45) is 5.40. The Bertz CT molecular complexity index is 1310. The van der Waals surface area contributed by atoms with Gasteiger partial charge < -0.3 is 9.84 Å². The van der Waals surface area contributed by atoms with E-state index in [0.717, 1.165) is 62.7 Å². The van der Waals surface area contributed by atoms with E-state index < -0.39 is 5.97 Å². The number of fused-ring (bicyclic) bond motifs is 3. The summed E-state index contributed by atoms with van der Waals surface area (Å²) < 4.78 is 7.16. The van der Waals surface area contributed by atoms with Gasteiger partial charge in [0, 0.05) is 22.2 Å². The number of benzene rings is 3. The lowest BCUT2D eigenvalue weighted by molar-refractivity contribution is 0.0694. The summed E-state index contributed by atoms with van der Waals surface area (Å²) in [6.45, 7) is 0. The molecule has 1 aromatic heterocycles.